The lowest BCUT2D eigenvalue weighted by atomic mass is 10.1. The maximum absolute atomic E-state index is 12.2. The van der Waals surface area contributed by atoms with Crippen molar-refractivity contribution in [1.82, 2.24) is 5.32 Å². The minimum atomic E-state index is -0.711. The fourth-order valence-corrected chi connectivity index (χ4v) is 2.18. The molecule has 0 aliphatic carbocycles. The van der Waals surface area contributed by atoms with Crippen LogP contribution >= 0.6 is 11.6 Å². The van der Waals surface area contributed by atoms with Crippen molar-refractivity contribution in [2.45, 2.75) is 25.8 Å². The van der Waals surface area contributed by atoms with E-state index in [-0.39, 0.29) is 24.7 Å². The Balaban J connectivity index is 2.03. The van der Waals surface area contributed by atoms with Crippen molar-refractivity contribution in [1.29, 1.82) is 0 Å². The maximum Gasteiger partial charge on any atom is 0.329 e. The van der Waals surface area contributed by atoms with E-state index in [1.807, 2.05) is 0 Å². The number of carbonyl (C=O) groups excluding carboxylic acids is 3. The molecule has 1 aliphatic heterocycles. The van der Waals surface area contributed by atoms with E-state index in [1.165, 1.54) is 0 Å². The first-order valence-corrected chi connectivity index (χ1v) is 6.96. The monoisotopic (exact) mass is 310 g/mol. The largest absolute Gasteiger partial charge is 0.466 e. The van der Waals surface area contributed by atoms with Gasteiger partial charge in [0.1, 0.15) is 6.04 Å². The first kappa shape index (κ1) is 15.3. The molecule has 1 fully saturated rings. The van der Waals surface area contributed by atoms with Gasteiger partial charge in [0.25, 0.3) is 5.91 Å². The number of halogens is 1. The van der Waals surface area contributed by atoms with Crippen LogP contribution in [0.15, 0.2) is 24.3 Å². The highest BCUT2D eigenvalue weighted by Gasteiger charge is 2.38. The minimum Gasteiger partial charge on any atom is -0.466 e. The molecule has 1 N–H and O–H groups in total. The van der Waals surface area contributed by atoms with Crippen LogP contribution in [-0.4, -0.2) is 30.6 Å². The molecule has 0 spiro atoms. The van der Waals surface area contributed by atoms with E-state index in [0.29, 0.717) is 17.3 Å². The second kappa shape index (κ2) is 6.58. The molecule has 1 aromatic carbocycles. The third-order valence-electron chi connectivity index (χ3n) is 3.05. The van der Waals surface area contributed by atoms with Gasteiger partial charge in [-0.15, -0.1) is 0 Å². The van der Waals surface area contributed by atoms with E-state index in [2.05, 4.69) is 5.32 Å². The highest BCUT2D eigenvalue weighted by molar-refractivity contribution is 6.30. The van der Waals surface area contributed by atoms with Crippen molar-refractivity contribution in [3.05, 3.63) is 29.3 Å². The van der Waals surface area contributed by atoms with Gasteiger partial charge in [0.15, 0.2) is 0 Å². The predicted molar refractivity (Wildman–Crippen MR) is 77.1 cm³/mol. The Labute approximate surface area is 127 Å². The Morgan fingerprint density at radius 3 is 2.62 bits per heavy atom. The van der Waals surface area contributed by atoms with E-state index in [4.69, 9.17) is 16.3 Å². The number of anilines is 1. The predicted octanol–water partition coefficient (Wildman–Crippen LogP) is 2.11. The van der Waals surface area contributed by atoms with E-state index in [9.17, 15) is 14.4 Å². The number of esters is 1. The molecule has 0 aromatic heterocycles. The molecular weight excluding hydrogens is 296 g/mol. The lowest BCUT2D eigenvalue weighted by molar-refractivity contribution is -0.143. The molecule has 1 heterocycles. The summed E-state index contributed by atoms with van der Waals surface area (Å²) in [6.07, 6.45) is 0.298. The van der Waals surface area contributed by atoms with Crippen molar-refractivity contribution < 1.29 is 19.1 Å². The summed E-state index contributed by atoms with van der Waals surface area (Å²) in [7, 11) is 0. The quantitative estimate of drug-likeness (QED) is 0.667. The highest BCUT2D eigenvalue weighted by Crippen LogP contribution is 2.23. The van der Waals surface area contributed by atoms with E-state index in [0.717, 1.165) is 4.90 Å². The van der Waals surface area contributed by atoms with Gasteiger partial charge in [0, 0.05) is 11.4 Å². The van der Waals surface area contributed by atoms with Crippen molar-refractivity contribution in [2.24, 2.45) is 0 Å². The molecule has 21 heavy (non-hydrogen) atoms. The SMILES string of the molecule is CCOC(=O)CCC1NC(=O)N(c2ccc(Cl)cc2)C1=O. The standard InChI is InChI=1S/C14H15ClN2O4/c1-2-21-12(18)8-7-11-13(19)17(14(20)16-11)10-5-3-9(15)4-6-10/h3-6,11H,2,7-8H2,1H3,(H,16,20). The van der Waals surface area contributed by atoms with Gasteiger partial charge >= 0.3 is 12.0 Å². The number of hydrogen-bond donors (Lipinski definition) is 1. The van der Waals surface area contributed by atoms with Crippen LogP contribution in [0.3, 0.4) is 0 Å². The number of hydrogen-bond acceptors (Lipinski definition) is 4. The fourth-order valence-electron chi connectivity index (χ4n) is 2.06. The zero-order valence-electron chi connectivity index (χ0n) is 11.5. The van der Waals surface area contributed by atoms with Gasteiger partial charge in [-0.25, -0.2) is 9.69 Å². The number of amides is 3. The summed E-state index contributed by atoms with van der Waals surface area (Å²) in [5, 5.41) is 3.08. The molecule has 1 saturated heterocycles. The third-order valence-corrected chi connectivity index (χ3v) is 3.30. The van der Waals surface area contributed by atoms with Crippen LogP contribution in [0.25, 0.3) is 0 Å². The maximum atomic E-state index is 12.2. The van der Waals surface area contributed by atoms with E-state index < -0.39 is 12.1 Å². The van der Waals surface area contributed by atoms with Gasteiger partial charge in [-0.3, -0.25) is 9.59 Å². The number of benzene rings is 1. The lowest BCUT2D eigenvalue weighted by Crippen LogP contribution is -2.31. The summed E-state index contributed by atoms with van der Waals surface area (Å²) in [5.74, 6) is -0.767. The molecule has 6 nitrogen and oxygen atoms in total. The molecular formula is C14H15ClN2O4. The van der Waals surface area contributed by atoms with Crippen LogP contribution in [0.2, 0.25) is 5.02 Å². The molecule has 112 valence electrons. The zero-order chi connectivity index (χ0) is 15.4. The summed E-state index contributed by atoms with van der Waals surface area (Å²) < 4.78 is 4.80. The first-order valence-electron chi connectivity index (χ1n) is 6.58. The number of rotatable bonds is 5. The average molecular weight is 311 g/mol. The summed E-state index contributed by atoms with van der Waals surface area (Å²) >= 11 is 5.78. The fraction of sp³-hybridized carbons (Fsp3) is 0.357. The number of ether oxygens (including phenoxy) is 1. The molecule has 7 heteroatoms. The van der Waals surface area contributed by atoms with Gasteiger partial charge in [-0.05, 0) is 37.6 Å². The lowest BCUT2D eigenvalue weighted by Gasteiger charge is -2.12. The molecule has 1 atom stereocenters. The Morgan fingerprint density at radius 1 is 1.33 bits per heavy atom. The van der Waals surface area contributed by atoms with Crippen LogP contribution in [0, 0.1) is 0 Å². The normalized spacial score (nSPS) is 17.8. The van der Waals surface area contributed by atoms with Crippen molar-refractivity contribution in [3.63, 3.8) is 0 Å². The topological polar surface area (TPSA) is 75.7 Å². The third kappa shape index (κ3) is 3.52. The van der Waals surface area contributed by atoms with Gasteiger partial charge in [0.05, 0.1) is 12.3 Å². The number of urea groups is 1. The van der Waals surface area contributed by atoms with Gasteiger partial charge < -0.3 is 10.1 Å². The van der Waals surface area contributed by atoms with Crippen LogP contribution in [0.4, 0.5) is 10.5 Å². The van der Waals surface area contributed by atoms with Gasteiger partial charge in [-0.1, -0.05) is 11.6 Å². The van der Waals surface area contributed by atoms with Crippen molar-refractivity contribution in [3.8, 4) is 0 Å². The smallest absolute Gasteiger partial charge is 0.329 e. The molecule has 1 aromatic rings. The number of imide groups is 1. The van der Waals surface area contributed by atoms with Crippen LogP contribution in [0.5, 0.6) is 0 Å². The minimum absolute atomic E-state index is 0.0823. The molecule has 0 saturated carbocycles. The van der Waals surface area contributed by atoms with E-state index in [1.54, 1.807) is 31.2 Å². The van der Waals surface area contributed by atoms with Crippen molar-refractivity contribution in [2.75, 3.05) is 11.5 Å². The van der Waals surface area contributed by atoms with Crippen LogP contribution in [0.1, 0.15) is 19.8 Å². The number of nitrogens with zero attached hydrogens (tertiary/aromatic N) is 1. The summed E-state index contributed by atoms with van der Waals surface area (Å²) in [6.45, 7) is 2.00. The average Bonchev–Trinajstić information content (AvgIpc) is 2.73. The first-order chi connectivity index (χ1) is 10.0. The Morgan fingerprint density at radius 2 is 2.00 bits per heavy atom. The van der Waals surface area contributed by atoms with Crippen LogP contribution in [-0.2, 0) is 14.3 Å². The molecule has 2 rings (SSSR count). The molecule has 1 unspecified atom stereocenters. The van der Waals surface area contributed by atoms with Gasteiger partial charge in [0.2, 0.25) is 0 Å². The van der Waals surface area contributed by atoms with Gasteiger partial charge in [-0.2, -0.15) is 0 Å². The molecule has 3 amide bonds. The Hall–Kier alpha value is -2.08. The number of nitrogens with one attached hydrogen (secondary N) is 1. The molecule has 1 aliphatic rings. The Kier molecular flexibility index (Phi) is 4.80. The zero-order valence-corrected chi connectivity index (χ0v) is 12.2. The number of carbonyl (C=O) groups is 3. The van der Waals surface area contributed by atoms with Crippen LogP contribution < -0.4 is 10.2 Å². The molecule has 0 bridgehead atoms. The molecule has 0 radical (unpaired) electrons. The second-order valence-corrected chi connectivity index (χ2v) is 4.93. The highest BCUT2D eigenvalue weighted by atomic mass is 35.5. The van der Waals surface area contributed by atoms with E-state index >= 15 is 0 Å². The summed E-state index contributed by atoms with van der Waals surface area (Å²) in [5.41, 5.74) is 0.445. The summed E-state index contributed by atoms with van der Waals surface area (Å²) in [6, 6.07) is 5.17. The second-order valence-electron chi connectivity index (χ2n) is 4.50. The van der Waals surface area contributed by atoms with Crippen molar-refractivity contribution >= 4 is 35.2 Å². The summed E-state index contributed by atoms with van der Waals surface area (Å²) in [4.78, 5) is 36.5. The Bertz CT molecular complexity index is 559.